The van der Waals surface area contributed by atoms with Crippen LogP contribution in [0.5, 0.6) is 0 Å². The van der Waals surface area contributed by atoms with Gasteiger partial charge in [0.25, 0.3) is 4.80 Å². The molecule has 62 valence electrons. The van der Waals surface area contributed by atoms with Gasteiger partial charge in [-0.1, -0.05) is 0 Å². The van der Waals surface area contributed by atoms with E-state index in [1.54, 1.807) is 0 Å². The van der Waals surface area contributed by atoms with Crippen LogP contribution in [0.4, 0.5) is 0 Å². The molecule has 1 aromatic heterocycles. The molecule has 0 aliphatic heterocycles. The van der Waals surface area contributed by atoms with Crippen LogP contribution < -0.4 is 0 Å². The largest absolute Gasteiger partial charge is 0.439 e. The highest BCUT2D eigenvalue weighted by atomic mass is 79.9. The lowest BCUT2D eigenvalue weighted by atomic mass is 10.6. The maximum absolute atomic E-state index is 10.5. The van der Waals surface area contributed by atoms with Crippen LogP contribution in [-0.2, 0) is 14.8 Å². The van der Waals surface area contributed by atoms with E-state index < -0.39 is 9.05 Å². The smallest absolute Gasteiger partial charge is 0.264 e. The number of rotatable bonds is 2. The van der Waals surface area contributed by atoms with Gasteiger partial charge in [0.15, 0.2) is 0 Å². The molecular weight excluding hydrogens is 257 g/mol. The Morgan fingerprint density at radius 3 is 2.73 bits per heavy atom. The predicted octanol–water partition coefficient (Wildman–Crippen LogP) is 1.51. The fourth-order valence-corrected chi connectivity index (χ4v) is 1.67. The summed E-state index contributed by atoms with van der Waals surface area (Å²) in [7, 11) is 1.42. The second-order valence-corrected chi connectivity index (χ2v) is 5.23. The van der Waals surface area contributed by atoms with Crippen LogP contribution in [0.1, 0.15) is 5.69 Å². The third-order valence-electron chi connectivity index (χ3n) is 0.844. The molecule has 0 aliphatic rings. The molecule has 0 aliphatic carbocycles. The molecule has 1 aromatic rings. The first-order valence-electron chi connectivity index (χ1n) is 2.49. The van der Waals surface area contributed by atoms with Crippen molar-refractivity contribution in [2.24, 2.45) is 0 Å². The predicted molar refractivity (Wildman–Crippen MR) is 42.7 cm³/mol. The van der Waals surface area contributed by atoms with E-state index in [1.807, 2.05) is 0 Å². The van der Waals surface area contributed by atoms with Gasteiger partial charge < -0.3 is 4.42 Å². The third kappa shape index (κ3) is 3.22. The molecule has 0 fully saturated rings. The fraction of sp³-hybridized carbons (Fsp3) is 0.250. The highest BCUT2D eigenvalue weighted by molar-refractivity contribution is 9.10. The van der Waals surface area contributed by atoms with Crippen molar-refractivity contribution in [1.82, 2.24) is 4.98 Å². The van der Waals surface area contributed by atoms with Gasteiger partial charge in [0.05, 0.1) is 5.69 Å². The summed E-state index contributed by atoms with van der Waals surface area (Å²) < 4.78 is 25.6. The fourth-order valence-electron chi connectivity index (χ4n) is 0.525. The highest BCUT2D eigenvalue weighted by Crippen LogP contribution is 2.12. The van der Waals surface area contributed by atoms with E-state index in [-0.39, 0.29) is 16.2 Å². The van der Waals surface area contributed by atoms with Crippen molar-refractivity contribution in [3.8, 4) is 0 Å². The lowest BCUT2D eigenvalue weighted by molar-refractivity contribution is 0.528. The van der Waals surface area contributed by atoms with E-state index in [1.165, 1.54) is 6.26 Å². The molecule has 7 heteroatoms. The normalized spacial score (nSPS) is 11.8. The van der Waals surface area contributed by atoms with E-state index in [4.69, 9.17) is 15.1 Å². The second-order valence-electron chi connectivity index (χ2n) is 1.77. The minimum Gasteiger partial charge on any atom is -0.439 e. The minimum absolute atomic E-state index is 0.243. The van der Waals surface area contributed by atoms with E-state index in [9.17, 15) is 8.42 Å². The lowest BCUT2D eigenvalue weighted by Gasteiger charge is -1.86. The second kappa shape index (κ2) is 3.12. The number of halogens is 2. The van der Waals surface area contributed by atoms with Gasteiger partial charge in [0.2, 0.25) is 9.05 Å². The molecule has 4 nitrogen and oxygen atoms in total. The number of nitrogens with zero attached hydrogens (tertiary/aromatic N) is 1. The van der Waals surface area contributed by atoms with Gasteiger partial charge in [0.1, 0.15) is 12.0 Å². The van der Waals surface area contributed by atoms with Crippen molar-refractivity contribution < 1.29 is 12.8 Å². The monoisotopic (exact) mass is 259 g/mol. The summed E-state index contributed by atoms with van der Waals surface area (Å²) in [5, 5.41) is 0. The Bertz CT molecular complexity index is 346. The molecule has 0 saturated carbocycles. The quantitative estimate of drug-likeness (QED) is 0.756. The summed E-state index contributed by atoms with van der Waals surface area (Å²) in [5.74, 6) is -0.316. The molecule has 0 radical (unpaired) electrons. The van der Waals surface area contributed by atoms with Gasteiger partial charge in [-0.3, -0.25) is 0 Å². The lowest BCUT2D eigenvalue weighted by Crippen LogP contribution is -1.94. The summed E-state index contributed by atoms with van der Waals surface area (Å²) >= 11 is 2.92. The Kier molecular flexibility index (Phi) is 2.56. The van der Waals surface area contributed by atoms with Crippen LogP contribution in [0.3, 0.4) is 0 Å². The summed E-state index contributed by atoms with van der Waals surface area (Å²) in [6.07, 6.45) is 1.23. The van der Waals surface area contributed by atoms with Crippen molar-refractivity contribution in [2.75, 3.05) is 0 Å². The Morgan fingerprint density at radius 2 is 2.36 bits per heavy atom. The van der Waals surface area contributed by atoms with E-state index in [0.717, 1.165) is 0 Å². The molecule has 0 unspecified atom stereocenters. The van der Waals surface area contributed by atoms with Gasteiger partial charge >= 0.3 is 0 Å². The molecule has 0 amide bonds. The van der Waals surface area contributed by atoms with Gasteiger partial charge in [-0.15, -0.1) is 0 Å². The molecule has 0 aromatic carbocycles. The zero-order chi connectivity index (χ0) is 8.48. The summed E-state index contributed by atoms with van der Waals surface area (Å²) in [5.41, 5.74) is 0.284. The highest BCUT2D eigenvalue weighted by Gasteiger charge is 2.10. The number of oxazole rings is 1. The number of aromatic nitrogens is 1. The topological polar surface area (TPSA) is 60.2 Å². The first-order valence-corrected chi connectivity index (χ1v) is 5.77. The molecule has 11 heavy (non-hydrogen) atoms. The first kappa shape index (κ1) is 9.02. The van der Waals surface area contributed by atoms with Gasteiger partial charge in [0, 0.05) is 26.6 Å². The van der Waals surface area contributed by atoms with Crippen molar-refractivity contribution >= 4 is 35.7 Å². The van der Waals surface area contributed by atoms with Gasteiger partial charge in [-0.2, -0.15) is 0 Å². The van der Waals surface area contributed by atoms with Crippen molar-refractivity contribution in [2.45, 2.75) is 5.75 Å². The van der Waals surface area contributed by atoms with E-state index in [0.29, 0.717) is 0 Å². The van der Waals surface area contributed by atoms with E-state index >= 15 is 0 Å². The SMILES string of the molecule is O=S(=O)(Cl)Cc1coc(Br)n1. The first-order chi connectivity index (χ1) is 4.97. The van der Waals surface area contributed by atoms with Gasteiger partial charge in [-0.05, 0) is 0 Å². The van der Waals surface area contributed by atoms with Crippen LogP contribution in [0.25, 0.3) is 0 Å². The van der Waals surface area contributed by atoms with Crippen LogP contribution in [0, 0.1) is 0 Å². The van der Waals surface area contributed by atoms with Gasteiger partial charge in [-0.25, -0.2) is 13.4 Å². The van der Waals surface area contributed by atoms with Crippen LogP contribution in [0.2, 0.25) is 0 Å². The molecule has 0 atom stereocenters. The molecule has 0 N–H and O–H groups in total. The maximum Gasteiger partial charge on any atom is 0.264 e. The van der Waals surface area contributed by atoms with E-state index in [2.05, 4.69) is 20.9 Å². The zero-order valence-corrected chi connectivity index (χ0v) is 8.28. The number of hydrogen-bond donors (Lipinski definition) is 0. The molecule has 1 rings (SSSR count). The Balaban J connectivity index is 2.81. The average Bonchev–Trinajstić information content (AvgIpc) is 2.10. The third-order valence-corrected chi connectivity index (χ3v) is 2.18. The molecule has 0 saturated heterocycles. The number of hydrogen-bond acceptors (Lipinski definition) is 4. The minimum atomic E-state index is -3.53. The summed E-state index contributed by atoms with van der Waals surface area (Å²) in [4.78, 5) is 3.93. The van der Waals surface area contributed by atoms with Crippen LogP contribution in [-0.4, -0.2) is 13.4 Å². The Morgan fingerprint density at radius 1 is 1.73 bits per heavy atom. The van der Waals surface area contributed by atoms with Crippen molar-refractivity contribution in [3.05, 3.63) is 16.8 Å². The zero-order valence-electron chi connectivity index (χ0n) is 5.12. The van der Waals surface area contributed by atoms with Crippen LogP contribution in [0.15, 0.2) is 15.5 Å². The van der Waals surface area contributed by atoms with Crippen LogP contribution >= 0.6 is 26.6 Å². The summed E-state index contributed by atoms with van der Waals surface area (Å²) in [6.45, 7) is 0. The standard InChI is InChI=1S/C4H3BrClNO3S/c5-4-7-3(1-10-4)2-11(6,8)9/h1H,2H2. The Hall–Kier alpha value is -0.0700. The van der Waals surface area contributed by atoms with Crippen molar-refractivity contribution in [1.29, 1.82) is 0 Å². The van der Waals surface area contributed by atoms with Crippen molar-refractivity contribution in [3.63, 3.8) is 0 Å². The molecule has 0 bridgehead atoms. The maximum atomic E-state index is 10.5. The molecule has 1 heterocycles. The Labute approximate surface area is 76.1 Å². The average molecular weight is 260 g/mol. The molecular formula is C4H3BrClNO3S. The summed E-state index contributed by atoms with van der Waals surface area (Å²) in [6, 6.07) is 0. The molecule has 0 spiro atoms.